The van der Waals surface area contributed by atoms with Gasteiger partial charge in [0.25, 0.3) is 0 Å². The minimum atomic E-state index is 1.00. The van der Waals surface area contributed by atoms with Crippen LogP contribution in [0.2, 0.25) is 0 Å². The van der Waals surface area contributed by atoms with Crippen LogP contribution in [0.3, 0.4) is 0 Å². The summed E-state index contributed by atoms with van der Waals surface area (Å²) in [6.07, 6.45) is 1.24. The van der Waals surface area contributed by atoms with Crippen molar-refractivity contribution in [3.8, 4) is 0 Å². The van der Waals surface area contributed by atoms with Crippen molar-refractivity contribution in [2.75, 3.05) is 46.3 Å². The van der Waals surface area contributed by atoms with Gasteiger partial charge in [0, 0.05) is 32.7 Å². The van der Waals surface area contributed by atoms with E-state index in [1.165, 1.54) is 61.4 Å². The predicted octanol–water partition coefficient (Wildman–Crippen LogP) is 2.34. The minimum absolute atomic E-state index is 1.00. The summed E-state index contributed by atoms with van der Waals surface area (Å²) in [6.45, 7) is 14.9. The highest BCUT2D eigenvalue weighted by atomic mass is 15.2. The lowest BCUT2D eigenvalue weighted by atomic mass is 10.00. The number of benzene rings is 1. The van der Waals surface area contributed by atoms with Crippen LogP contribution in [0.4, 0.5) is 0 Å². The molecule has 0 radical (unpaired) electrons. The molecule has 1 aromatic rings. The maximum atomic E-state index is 3.61. The third-order valence-electron chi connectivity index (χ3n) is 4.57. The third kappa shape index (κ3) is 5.10. The molecule has 1 N–H and O–H groups in total. The molecule has 3 nitrogen and oxygen atoms in total. The van der Waals surface area contributed by atoms with Gasteiger partial charge in [-0.2, -0.15) is 0 Å². The van der Waals surface area contributed by atoms with Crippen LogP contribution in [0.25, 0.3) is 0 Å². The van der Waals surface area contributed by atoms with Gasteiger partial charge in [0.2, 0.25) is 0 Å². The number of likely N-dealkylation sites (N-methyl/N-ethyl adjacent to an activating group) is 1. The van der Waals surface area contributed by atoms with E-state index in [-0.39, 0.29) is 0 Å². The van der Waals surface area contributed by atoms with Crippen LogP contribution in [-0.4, -0.2) is 56.1 Å². The number of nitrogens with zero attached hydrogens (tertiary/aromatic N) is 2. The molecule has 0 unspecified atom stereocenters. The molecule has 1 saturated heterocycles. The maximum Gasteiger partial charge on any atom is 0.0210 e. The van der Waals surface area contributed by atoms with Gasteiger partial charge in [-0.05, 0) is 64.0 Å². The van der Waals surface area contributed by atoms with Crippen LogP contribution in [0, 0.1) is 20.8 Å². The van der Waals surface area contributed by atoms with E-state index in [2.05, 4.69) is 55.1 Å². The van der Waals surface area contributed by atoms with E-state index >= 15 is 0 Å². The molecule has 1 heterocycles. The predicted molar refractivity (Wildman–Crippen MR) is 90.9 cm³/mol. The van der Waals surface area contributed by atoms with E-state index in [0.717, 1.165) is 13.1 Å². The number of piperazine rings is 1. The molecule has 1 fully saturated rings. The Morgan fingerprint density at radius 1 is 1.00 bits per heavy atom. The van der Waals surface area contributed by atoms with E-state index < -0.39 is 0 Å². The molecule has 0 atom stereocenters. The van der Waals surface area contributed by atoms with Gasteiger partial charge < -0.3 is 15.1 Å². The highest BCUT2D eigenvalue weighted by molar-refractivity contribution is 5.37. The van der Waals surface area contributed by atoms with Crippen LogP contribution in [-0.2, 0) is 6.54 Å². The molecule has 0 spiro atoms. The lowest BCUT2D eigenvalue weighted by Gasteiger charge is -2.32. The molecular weight excluding hydrogens is 258 g/mol. The van der Waals surface area contributed by atoms with Crippen molar-refractivity contribution in [3.63, 3.8) is 0 Å². The van der Waals surface area contributed by atoms with Gasteiger partial charge in [0.15, 0.2) is 0 Å². The first-order valence-corrected chi connectivity index (χ1v) is 8.24. The molecule has 21 heavy (non-hydrogen) atoms. The third-order valence-corrected chi connectivity index (χ3v) is 4.57. The SMILES string of the molecule is Cc1cc(C)c(CNCCCN2CCN(C)CC2)c(C)c1. The van der Waals surface area contributed by atoms with Gasteiger partial charge in [-0.1, -0.05) is 17.7 Å². The molecule has 1 aliphatic heterocycles. The molecule has 0 saturated carbocycles. The van der Waals surface area contributed by atoms with E-state index in [0.29, 0.717) is 0 Å². The Morgan fingerprint density at radius 3 is 2.24 bits per heavy atom. The van der Waals surface area contributed by atoms with Crippen LogP contribution in [0.15, 0.2) is 12.1 Å². The first kappa shape index (κ1) is 16.5. The van der Waals surface area contributed by atoms with Gasteiger partial charge in [-0.25, -0.2) is 0 Å². The van der Waals surface area contributed by atoms with Crippen LogP contribution >= 0.6 is 0 Å². The van der Waals surface area contributed by atoms with Crippen molar-refractivity contribution in [3.05, 3.63) is 34.4 Å². The van der Waals surface area contributed by atoms with Crippen molar-refractivity contribution in [2.45, 2.75) is 33.7 Å². The Labute approximate surface area is 130 Å². The topological polar surface area (TPSA) is 18.5 Å². The lowest BCUT2D eigenvalue weighted by molar-refractivity contribution is 0.152. The molecule has 0 aliphatic carbocycles. The maximum absolute atomic E-state index is 3.61. The van der Waals surface area contributed by atoms with Gasteiger partial charge in [-0.3, -0.25) is 0 Å². The van der Waals surface area contributed by atoms with E-state index in [9.17, 15) is 0 Å². The molecule has 3 heteroatoms. The summed E-state index contributed by atoms with van der Waals surface area (Å²) < 4.78 is 0. The Morgan fingerprint density at radius 2 is 1.62 bits per heavy atom. The molecule has 1 aliphatic rings. The van der Waals surface area contributed by atoms with Gasteiger partial charge in [-0.15, -0.1) is 0 Å². The first-order valence-electron chi connectivity index (χ1n) is 8.24. The average Bonchev–Trinajstić information content (AvgIpc) is 2.43. The summed E-state index contributed by atoms with van der Waals surface area (Å²) in [5, 5.41) is 3.61. The quantitative estimate of drug-likeness (QED) is 0.811. The summed E-state index contributed by atoms with van der Waals surface area (Å²) >= 11 is 0. The summed E-state index contributed by atoms with van der Waals surface area (Å²) in [4.78, 5) is 5.00. The fourth-order valence-electron chi connectivity index (χ4n) is 3.20. The minimum Gasteiger partial charge on any atom is -0.313 e. The second kappa shape index (κ2) is 7.92. The molecular formula is C18H31N3. The molecule has 1 aromatic carbocycles. The normalized spacial score (nSPS) is 17.3. The standard InChI is InChI=1S/C18H31N3/c1-15-12-16(2)18(17(3)13-15)14-19-6-5-7-21-10-8-20(4)9-11-21/h12-13,19H,5-11,14H2,1-4H3. The molecule has 0 bridgehead atoms. The highest BCUT2D eigenvalue weighted by Crippen LogP contribution is 2.15. The fraction of sp³-hybridized carbons (Fsp3) is 0.667. The van der Waals surface area contributed by atoms with Crippen LogP contribution < -0.4 is 5.32 Å². The Hall–Kier alpha value is -0.900. The summed E-state index contributed by atoms with van der Waals surface area (Å²) in [7, 11) is 2.21. The molecule has 0 amide bonds. The summed E-state index contributed by atoms with van der Waals surface area (Å²) in [5.41, 5.74) is 5.67. The first-order chi connectivity index (χ1) is 10.1. The van der Waals surface area contributed by atoms with Crippen molar-refractivity contribution in [2.24, 2.45) is 0 Å². The van der Waals surface area contributed by atoms with Gasteiger partial charge in [0.1, 0.15) is 0 Å². The summed E-state index contributed by atoms with van der Waals surface area (Å²) in [6, 6.07) is 4.57. The van der Waals surface area contributed by atoms with Crippen molar-refractivity contribution >= 4 is 0 Å². The second-order valence-corrected chi connectivity index (χ2v) is 6.55. The van der Waals surface area contributed by atoms with E-state index in [1.807, 2.05) is 0 Å². The van der Waals surface area contributed by atoms with Gasteiger partial charge >= 0.3 is 0 Å². The highest BCUT2D eigenvalue weighted by Gasteiger charge is 2.12. The second-order valence-electron chi connectivity index (χ2n) is 6.55. The number of rotatable bonds is 6. The van der Waals surface area contributed by atoms with Crippen LogP contribution in [0.5, 0.6) is 0 Å². The smallest absolute Gasteiger partial charge is 0.0210 e. The summed E-state index contributed by atoms with van der Waals surface area (Å²) in [5.74, 6) is 0. The van der Waals surface area contributed by atoms with Crippen LogP contribution in [0.1, 0.15) is 28.7 Å². The number of nitrogens with one attached hydrogen (secondary N) is 1. The van der Waals surface area contributed by atoms with Gasteiger partial charge in [0.05, 0.1) is 0 Å². The average molecular weight is 289 g/mol. The number of hydrogen-bond acceptors (Lipinski definition) is 3. The largest absolute Gasteiger partial charge is 0.313 e. The van der Waals surface area contributed by atoms with Crippen molar-refractivity contribution < 1.29 is 0 Å². The van der Waals surface area contributed by atoms with E-state index in [1.54, 1.807) is 0 Å². The Bertz CT molecular complexity index is 425. The lowest BCUT2D eigenvalue weighted by Crippen LogP contribution is -2.45. The molecule has 118 valence electrons. The zero-order chi connectivity index (χ0) is 15.2. The zero-order valence-corrected chi connectivity index (χ0v) is 14.2. The number of hydrogen-bond donors (Lipinski definition) is 1. The monoisotopic (exact) mass is 289 g/mol. The molecule has 2 rings (SSSR count). The Kier molecular flexibility index (Phi) is 6.22. The molecule has 0 aromatic heterocycles. The van der Waals surface area contributed by atoms with E-state index in [4.69, 9.17) is 0 Å². The zero-order valence-electron chi connectivity index (χ0n) is 14.2. The Balaban J connectivity index is 1.66. The fourth-order valence-corrected chi connectivity index (χ4v) is 3.20. The number of aryl methyl sites for hydroxylation is 3. The van der Waals surface area contributed by atoms with Crippen molar-refractivity contribution in [1.82, 2.24) is 15.1 Å². The van der Waals surface area contributed by atoms with Crippen molar-refractivity contribution in [1.29, 1.82) is 0 Å².